The van der Waals surface area contributed by atoms with Crippen molar-refractivity contribution in [2.75, 3.05) is 7.05 Å². The van der Waals surface area contributed by atoms with Crippen LogP contribution in [0, 0.1) is 5.92 Å². The fourth-order valence-corrected chi connectivity index (χ4v) is 6.74. The topological polar surface area (TPSA) is 146 Å². The predicted octanol–water partition coefficient (Wildman–Crippen LogP) is 6.43. The highest BCUT2D eigenvalue weighted by molar-refractivity contribution is 7.09. The molecule has 4 aromatic rings. The van der Waals surface area contributed by atoms with Crippen molar-refractivity contribution in [3.05, 3.63) is 104 Å². The van der Waals surface area contributed by atoms with Crippen LogP contribution in [0.2, 0.25) is 0 Å². The third kappa shape index (κ3) is 11.6. The highest BCUT2D eigenvalue weighted by Gasteiger charge is 2.35. The van der Waals surface area contributed by atoms with Crippen LogP contribution in [0.4, 0.5) is 9.59 Å². The Labute approximate surface area is 302 Å². The summed E-state index contributed by atoms with van der Waals surface area (Å²) in [6.45, 7) is 8.15. The summed E-state index contributed by atoms with van der Waals surface area (Å²) in [6, 6.07) is 16.0. The SMILES string of the molecule is CC(C)c1nc(CN(C)C(=O)N[C@H](C(=O)NC(c2ccccc2)C(NC(=O)OCc2cncs2)C(O)CCCc2ccccc2)C(C)C)cs1. The molecule has 0 fully saturated rings. The number of amides is 4. The van der Waals surface area contributed by atoms with E-state index in [0.717, 1.165) is 27.6 Å². The van der Waals surface area contributed by atoms with Crippen molar-refractivity contribution in [2.24, 2.45) is 5.92 Å². The number of aliphatic hydroxyl groups is 1. The van der Waals surface area contributed by atoms with Gasteiger partial charge in [0.05, 0.1) is 45.8 Å². The summed E-state index contributed by atoms with van der Waals surface area (Å²) in [6.07, 6.45) is 1.56. The minimum absolute atomic E-state index is 0.0182. The number of carbonyl (C=O) groups is 3. The number of aliphatic hydroxyl groups excluding tert-OH is 1. The van der Waals surface area contributed by atoms with Crippen LogP contribution in [0.15, 0.2) is 77.8 Å². The number of nitrogens with zero attached hydrogens (tertiary/aromatic N) is 3. The number of ether oxygens (including phenoxy) is 1. The van der Waals surface area contributed by atoms with Crippen LogP contribution in [0.3, 0.4) is 0 Å². The van der Waals surface area contributed by atoms with Gasteiger partial charge in [0.25, 0.3) is 0 Å². The van der Waals surface area contributed by atoms with E-state index in [9.17, 15) is 19.5 Å². The first-order chi connectivity index (χ1) is 24.0. The number of benzene rings is 2. The zero-order valence-corrected chi connectivity index (χ0v) is 30.9. The maximum Gasteiger partial charge on any atom is 0.407 e. The highest BCUT2D eigenvalue weighted by Crippen LogP contribution is 2.24. The van der Waals surface area contributed by atoms with E-state index in [1.54, 1.807) is 30.1 Å². The normalized spacial score (nSPS) is 13.7. The molecule has 0 saturated carbocycles. The van der Waals surface area contributed by atoms with Crippen LogP contribution < -0.4 is 16.0 Å². The number of urea groups is 1. The van der Waals surface area contributed by atoms with Crippen LogP contribution in [0.1, 0.15) is 79.2 Å². The van der Waals surface area contributed by atoms with E-state index in [0.29, 0.717) is 30.9 Å². The molecule has 3 unspecified atom stereocenters. The fourth-order valence-electron chi connectivity index (χ4n) is 5.41. The Morgan fingerprint density at radius 2 is 1.64 bits per heavy atom. The molecular weight excluding hydrogens is 673 g/mol. The Bertz CT molecular complexity index is 1620. The summed E-state index contributed by atoms with van der Waals surface area (Å²) < 4.78 is 5.49. The number of aromatic nitrogens is 2. The molecule has 4 atom stereocenters. The Kier molecular flexibility index (Phi) is 14.7. The average molecular weight is 721 g/mol. The number of thiazole rings is 2. The molecule has 13 heteroatoms. The lowest BCUT2D eigenvalue weighted by molar-refractivity contribution is -0.125. The van der Waals surface area contributed by atoms with Crippen molar-refractivity contribution < 1.29 is 24.2 Å². The minimum atomic E-state index is -1.05. The molecule has 4 rings (SSSR count). The molecule has 50 heavy (non-hydrogen) atoms. The van der Waals surface area contributed by atoms with Gasteiger partial charge in [0, 0.05) is 24.5 Å². The van der Waals surface area contributed by atoms with Gasteiger partial charge < -0.3 is 30.7 Å². The van der Waals surface area contributed by atoms with Gasteiger partial charge in [-0.1, -0.05) is 88.4 Å². The second kappa shape index (κ2) is 19.2. The van der Waals surface area contributed by atoms with Gasteiger partial charge in [-0.2, -0.15) is 0 Å². The molecule has 2 aromatic carbocycles. The quantitative estimate of drug-likeness (QED) is 0.0985. The zero-order valence-electron chi connectivity index (χ0n) is 29.2. The summed E-state index contributed by atoms with van der Waals surface area (Å²) in [5.41, 5.74) is 4.24. The second-order valence-corrected chi connectivity index (χ2v) is 14.8. The van der Waals surface area contributed by atoms with Crippen LogP contribution in [0.25, 0.3) is 0 Å². The lowest BCUT2D eigenvalue weighted by atomic mass is 9.91. The van der Waals surface area contributed by atoms with Crippen LogP contribution in [-0.4, -0.2) is 63.2 Å². The van der Waals surface area contributed by atoms with Gasteiger partial charge in [0.15, 0.2) is 0 Å². The number of nitrogens with one attached hydrogen (secondary N) is 3. The van der Waals surface area contributed by atoms with Crippen molar-refractivity contribution in [1.29, 1.82) is 0 Å². The Morgan fingerprint density at radius 3 is 2.26 bits per heavy atom. The zero-order chi connectivity index (χ0) is 36.0. The summed E-state index contributed by atoms with van der Waals surface area (Å²) in [7, 11) is 1.66. The standard InChI is InChI=1S/C37H48N6O5S2/c1-24(2)31(41-36(46)43(5)20-28-22-49-35(39-28)25(3)4)34(45)40-32(27-16-10-7-11-17-27)33(42-37(47)48-21-29-19-38-23-50-29)30(44)18-12-15-26-13-8-6-9-14-26/h6-11,13-14,16-17,19,22-25,30-33,44H,12,15,18,20-21H2,1-5H3,(H,40,45)(H,41,46)(H,42,47)/t30?,31-,32?,33?/m0/s1. The maximum absolute atomic E-state index is 14.1. The molecular formula is C37H48N6O5S2. The van der Waals surface area contributed by atoms with E-state index in [-0.39, 0.29) is 12.5 Å². The van der Waals surface area contributed by atoms with E-state index in [1.165, 1.54) is 16.2 Å². The molecule has 0 bridgehead atoms. The predicted molar refractivity (Wildman–Crippen MR) is 197 cm³/mol. The number of rotatable bonds is 17. The molecule has 11 nitrogen and oxygen atoms in total. The Hall–Kier alpha value is -4.33. The summed E-state index contributed by atoms with van der Waals surface area (Å²) >= 11 is 2.92. The van der Waals surface area contributed by atoms with Crippen molar-refractivity contribution in [1.82, 2.24) is 30.8 Å². The van der Waals surface area contributed by atoms with E-state index >= 15 is 0 Å². The molecule has 4 amide bonds. The molecule has 0 aliphatic rings. The molecule has 0 spiro atoms. The first kappa shape index (κ1) is 38.5. The van der Waals surface area contributed by atoms with Gasteiger partial charge in [-0.25, -0.2) is 14.6 Å². The maximum atomic E-state index is 14.1. The van der Waals surface area contributed by atoms with Gasteiger partial charge >= 0.3 is 12.1 Å². The van der Waals surface area contributed by atoms with E-state index in [4.69, 9.17) is 4.74 Å². The smallest absolute Gasteiger partial charge is 0.407 e. The van der Waals surface area contributed by atoms with E-state index < -0.39 is 42.3 Å². The van der Waals surface area contributed by atoms with Crippen molar-refractivity contribution in [2.45, 2.75) is 90.3 Å². The van der Waals surface area contributed by atoms with Gasteiger partial charge in [-0.3, -0.25) is 9.78 Å². The Morgan fingerprint density at radius 1 is 0.940 bits per heavy atom. The van der Waals surface area contributed by atoms with Gasteiger partial charge in [-0.15, -0.1) is 22.7 Å². The third-order valence-corrected chi connectivity index (χ3v) is 10.1. The monoisotopic (exact) mass is 720 g/mol. The minimum Gasteiger partial charge on any atom is -0.444 e. The average Bonchev–Trinajstić information content (AvgIpc) is 3.81. The van der Waals surface area contributed by atoms with Crippen molar-refractivity contribution in [3.63, 3.8) is 0 Å². The number of hydrogen-bond acceptors (Lipinski definition) is 9. The molecule has 2 aromatic heterocycles. The molecule has 2 heterocycles. The third-order valence-electron chi connectivity index (χ3n) is 8.19. The number of hydrogen-bond donors (Lipinski definition) is 4. The second-order valence-electron chi connectivity index (χ2n) is 12.9. The first-order valence-electron chi connectivity index (χ1n) is 16.9. The lowest BCUT2D eigenvalue weighted by Crippen LogP contribution is -2.57. The lowest BCUT2D eigenvalue weighted by Gasteiger charge is -2.34. The van der Waals surface area contributed by atoms with Crippen LogP contribution in [-0.2, 0) is 29.1 Å². The molecule has 268 valence electrons. The number of carbonyl (C=O) groups excluding carboxylic acids is 3. The summed E-state index contributed by atoms with van der Waals surface area (Å²) in [4.78, 5) is 51.5. The molecule has 4 N–H and O–H groups in total. The van der Waals surface area contributed by atoms with Gasteiger partial charge in [-0.05, 0) is 36.3 Å². The van der Waals surface area contributed by atoms with Gasteiger partial charge in [0.1, 0.15) is 12.6 Å². The fraction of sp³-hybridized carbons (Fsp3) is 0.432. The summed E-state index contributed by atoms with van der Waals surface area (Å²) in [5, 5.41) is 23.4. The van der Waals surface area contributed by atoms with Crippen LogP contribution in [0.5, 0.6) is 0 Å². The molecule has 0 aliphatic carbocycles. The molecule has 0 aliphatic heterocycles. The molecule has 0 saturated heterocycles. The Balaban J connectivity index is 1.53. The van der Waals surface area contributed by atoms with E-state index in [1.807, 2.05) is 79.9 Å². The molecule has 0 radical (unpaired) electrons. The number of aryl methyl sites for hydroxylation is 1. The van der Waals surface area contributed by atoms with E-state index in [2.05, 4.69) is 39.8 Å². The van der Waals surface area contributed by atoms with Gasteiger partial charge in [0.2, 0.25) is 5.91 Å². The van der Waals surface area contributed by atoms with Crippen molar-refractivity contribution >= 4 is 40.7 Å². The first-order valence-corrected chi connectivity index (χ1v) is 18.6. The van der Waals surface area contributed by atoms with Crippen molar-refractivity contribution in [3.8, 4) is 0 Å². The number of alkyl carbamates (subject to hydrolysis) is 1. The largest absolute Gasteiger partial charge is 0.444 e. The highest BCUT2D eigenvalue weighted by atomic mass is 32.1. The van der Waals surface area contributed by atoms with Crippen LogP contribution >= 0.6 is 22.7 Å². The summed E-state index contributed by atoms with van der Waals surface area (Å²) in [5.74, 6) is -0.435.